The second-order valence-corrected chi connectivity index (χ2v) is 8.84. The van der Waals surface area contributed by atoms with Gasteiger partial charge in [-0.25, -0.2) is 0 Å². The van der Waals surface area contributed by atoms with Gasteiger partial charge in [0.2, 0.25) is 0 Å². The standard InChI is InChI=1S/C23H23ClN4O.ClH/c24-18-5-6-20-17(11-18)12-25-13-21-26-27-22(28(20)21)15-7-9-23(10-8-15)19-4-2-1-3-16(19)14-29-23;/h1-6,11,15,25H,7-10,12-14H2;1H. The third-order valence-electron chi connectivity index (χ3n) is 6.81. The zero-order chi connectivity index (χ0) is 19.4. The van der Waals surface area contributed by atoms with E-state index in [1.807, 2.05) is 12.1 Å². The number of aromatic nitrogens is 3. The maximum atomic E-state index is 6.35. The maximum absolute atomic E-state index is 6.35. The lowest BCUT2D eigenvalue weighted by Crippen LogP contribution is -2.31. The zero-order valence-corrected chi connectivity index (χ0v) is 18.2. The minimum Gasteiger partial charge on any atom is -0.366 e. The molecule has 1 fully saturated rings. The molecule has 1 aliphatic carbocycles. The van der Waals surface area contributed by atoms with Gasteiger partial charge in [-0.3, -0.25) is 4.57 Å². The topological polar surface area (TPSA) is 52.0 Å². The Kier molecular flexibility index (Phi) is 5.10. The van der Waals surface area contributed by atoms with E-state index >= 15 is 0 Å². The van der Waals surface area contributed by atoms with Crippen LogP contribution in [-0.2, 0) is 30.0 Å². The highest BCUT2D eigenvalue weighted by molar-refractivity contribution is 6.30. The van der Waals surface area contributed by atoms with Gasteiger partial charge in [-0.2, -0.15) is 0 Å². The SMILES string of the molecule is Cl.Clc1ccc2c(c1)CNCc1nnc(C3CCC4(CC3)OCc3ccccc34)n1-2. The molecule has 2 aromatic carbocycles. The molecule has 30 heavy (non-hydrogen) atoms. The summed E-state index contributed by atoms with van der Waals surface area (Å²) in [4.78, 5) is 0. The summed E-state index contributed by atoms with van der Waals surface area (Å²) in [5, 5.41) is 13.4. The molecule has 1 spiro atoms. The van der Waals surface area contributed by atoms with Crippen LogP contribution in [0.5, 0.6) is 0 Å². The van der Waals surface area contributed by atoms with Crippen molar-refractivity contribution in [2.75, 3.05) is 0 Å². The molecule has 6 rings (SSSR count). The van der Waals surface area contributed by atoms with Gasteiger partial charge in [0, 0.05) is 17.5 Å². The molecule has 3 aromatic rings. The summed E-state index contributed by atoms with van der Waals surface area (Å²) in [6.45, 7) is 2.24. The van der Waals surface area contributed by atoms with Crippen molar-refractivity contribution in [2.24, 2.45) is 0 Å². The number of hydrogen-bond donors (Lipinski definition) is 1. The van der Waals surface area contributed by atoms with Crippen molar-refractivity contribution in [3.63, 3.8) is 0 Å². The average Bonchev–Trinajstić information content (AvgIpc) is 3.27. The van der Waals surface area contributed by atoms with E-state index in [2.05, 4.69) is 50.4 Å². The van der Waals surface area contributed by atoms with Crippen LogP contribution in [0.2, 0.25) is 5.02 Å². The van der Waals surface area contributed by atoms with E-state index in [0.29, 0.717) is 12.5 Å². The Labute approximate surface area is 187 Å². The Bertz CT molecular complexity index is 1090. The lowest BCUT2D eigenvalue weighted by Gasteiger charge is -2.37. The minimum atomic E-state index is -0.109. The van der Waals surface area contributed by atoms with Crippen LogP contribution in [0.3, 0.4) is 0 Å². The summed E-state index contributed by atoms with van der Waals surface area (Å²) in [7, 11) is 0. The Morgan fingerprint density at radius 3 is 2.73 bits per heavy atom. The normalized spacial score (nSPS) is 24.5. The molecule has 1 aromatic heterocycles. The van der Waals surface area contributed by atoms with Crippen molar-refractivity contribution in [2.45, 2.75) is 56.9 Å². The van der Waals surface area contributed by atoms with Crippen molar-refractivity contribution < 1.29 is 4.74 Å². The summed E-state index contributed by atoms with van der Waals surface area (Å²) in [5.41, 5.74) is 4.97. The molecule has 156 valence electrons. The van der Waals surface area contributed by atoms with Crippen molar-refractivity contribution in [1.82, 2.24) is 20.1 Å². The fraction of sp³-hybridized carbons (Fsp3) is 0.391. The van der Waals surface area contributed by atoms with Gasteiger partial charge in [0.1, 0.15) is 5.82 Å². The van der Waals surface area contributed by atoms with Crippen LogP contribution in [-0.4, -0.2) is 14.8 Å². The van der Waals surface area contributed by atoms with Gasteiger partial charge in [0.15, 0.2) is 5.82 Å². The summed E-state index contributed by atoms with van der Waals surface area (Å²) < 4.78 is 8.61. The Hall–Kier alpha value is -1.92. The van der Waals surface area contributed by atoms with E-state index in [4.69, 9.17) is 16.3 Å². The Morgan fingerprint density at radius 1 is 1.03 bits per heavy atom. The van der Waals surface area contributed by atoms with Crippen LogP contribution in [0.25, 0.3) is 5.69 Å². The van der Waals surface area contributed by atoms with Crippen LogP contribution in [0.4, 0.5) is 0 Å². The molecule has 5 nitrogen and oxygen atoms in total. The minimum absolute atomic E-state index is 0. The molecule has 0 bridgehead atoms. The van der Waals surface area contributed by atoms with Crippen molar-refractivity contribution >= 4 is 24.0 Å². The lowest BCUT2D eigenvalue weighted by atomic mass is 9.74. The van der Waals surface area contributed by atoms with Crippen molar-refractivity contribution in [3.05, 3.63) is 75.8 Å². The molecular weight excluding hydrogens is 419 g/mol. The van der Waals surface area contributed by atoms with Gasteiger partial charge in [-0.05, 0) is 60.6 Å². The number of nitrogens with one attached hydrogen (secondary N) is 1. The summed E-state index contributed by atoms with van der Waals surface area (Å²) in [6.07, 6.45) is 4.18. The van der Waals surface area contributed by atoms with E-state index in [-0.39, 0.29) is 18.0 Å². The first kappa shape index (κ1) is 20.0. The van der Waals surface area contributed by atoms with E-state index < -0.39 is 0 Å². The predicted molar refractivity (Wildman–Crippen MR) is 118 cm³/mol. The van der Waals surface area contributed by atoms with E-state index in [1.54, 1.807) is 0 Å². The molecule has 1 saturated carbocycles. The summed E-state index contributed by atoms with van der Waals surface area (Å²) in [6, 6.07) is 14.8. The van der Waals surface area contributed by atoms with Gasteiger partial charge < -0.3 is 10.1 Å². The number of rotatable bonds is 1. The number of hydrogen-bond acceptors (Lipinski definition) is 4. The van der Waals surface area contributed by atoms with Gasteiger partial charge >= 0.3 is 0 Å². The third-order valence-corrected chi connectivity index (χ3v) is 7.04. The Morgan fingerprint density at radius 2 is 1.87 bits per heavy atom. The smallest absolute Gasteiger partial charge is 0.151 e. The predicted octanol–water partition coefficient (Wildman–Crippen LogP) is 5.03. The molecule has 3 heterocycles. The molecule has 0 saturated heterocycles. The van der Waals surface area contributed by atoms with E-state index in [1.165, 1.54) is 16.7 Å². The number of fused-ring (bicyclic) bond motifs is 5. The van der Waals surface area contributed by atoms with Gasteiger partial charge in [0.05, 0.1) is 24.4 Å². The molecule has 0 atom stereocenters. The van der Waals surface area contributed by atoms with Crippen LogP contribution >= 0.6 is 24.0 Å². The van der Waals surface area contributed by atoms with E-state index in [9.17, 15) is 0 Å². The maximum Gasteiger partial charge on any atom is 0.151 e. The van der Waals surface area contributed by atoms with Crippen LogP contribution in [0, 0.1) is 0 Å². The molecule has 3 aliphatic rings. The molecule has 1 N–H and O–H groups in total. The lowest BCUT2D eigenvalue weighted by molar-refractivity contribution is -0.0674. The highest BCUT2D eigenvalue weighted by Gasteiger charge is 2.44. The molecule has 7 heteroatoms. The molecule has 0 radical (unpaired) electrons. The first-order valence-corrected chi connectivity index (χ1v) is 10.8. The van der Waals surface area contributed by atoms with Crippen LogP contribution < -0.4 is 5.32 Å². The number of ether oxygens (including phenoxy) is 1. The number of nitrogens with zero attached hydrogens (tertiary/aromatic N) is 3. The van der Waals surface area contributed by atoms with E-state index in [0.717, 1.165) is 61.2 Å². The molecular formula is C23H24Cl2N4O. The highest BCUT2D eigenvalue weighted by Crippen LogP contribution is 2.50. The second-order valence-electron chi connectivity index (χ2n) is 8.40. The molecule has 0 amide bonds. The van der Waals surface area contributed by atoms with Crippen LogP contribution in [0.15, 0.2) is 42.5 Å². The fourth-order valence-corrected chi connectivity index (χ4v) is 5.53. The average molecular weight is 443 g/mol. The van der Waals surface area contributed by atoms with Gasteiger partial charge in [-0.15, -0.1) is 22.6 Å². The summed E-state index contributed by atoms with van der Waals surface area (Å²) >= 11 is 6.25. The monoisotopic (exact) mass is 442 g/mol. The number of benzene rings is 2. The first-order chi connectivity index (χ1) is 14.2. The molecule has 0 unspecified atom stereocenters. The van der Waals surface area contributed by atoms with Gasteiger partial charge in [-0.1, -0.05) is 35.9 Å². The summed E-state index contributed by atoms with van der Waals surface area (Å²) in [5.74, 6) is 2.44. The van der Waals surface area contributed by atoms with Gasteiger partial charge in [0.25, 0.3) is 0 Å². The fourth-order valence-electron chi connectivity index (χ4n) is 5.33. The largest absolute Gasteiger partial charge is 0.366 e. The molecule has 2 aliphatic heterocycles. The Balaban J connectivity index is 0.00000193. The van der Waals surface area contributed by atoms with Crippen molar-refractivity contribution in [1.29, 1.82) is 0 Å². The van der Waals surface area contributed by atoms with Crippen molar-refractivity contribution in [3.8, 4) is 5.69 Å². The van der Waals surface area contributed by atoms with Crippen LogP contribution in [0.1, 0.15) is 59.9 Å². The quantitative estimate of drug-likeness (QED) is 0.573. The third kappa shape index (κ3) is 3.07. The first-order valence-electron chi connectivity index (χ1n) is 10.4. The number of halogens is 2. The highest BCUT2D eigenvalue weighted by atomic mass is 35.5. The second kappa shape index (κ2) is 7.65. The zero-order valence-electron chi connectivity index (χ0n) is 16.6.